The number of rotatable bonds is 5. The molecule has 0 aliphatic heterocycles. The molecule has 2 N–H and O–H groups in total. The van der Waals surface area contributed by atoms with E-state index in [0.29, 0.717) is 23.7 Å². The summed E-state index contributed by atoms with van der Waals surface area (Å²) >= 11 is 0. The number of para-hydroxylation sites is 1. The standard InChI is InChI=1S/C23H20N2O2/c1-2-27-19-15-9-14-18(22(19)26)23-24-20(16-10-5-3-6-11-16)21(25-23)17-12-7-4-8-13-17/h3-15,26H,2H2,1H3,(H,24,25). The van der Waals surface area contributed by atoms with Gasteiger partial charge in [0.2, 0.25) is 0 Å². The maximum absolute atomic E-state index is 10.6. The first-order chi connectivity index (χ1) is 13.3. The van der Waals surface area contributed by atoms with E-state index in [-0.39, 0.29) is 5.75 Å². The number of aromatic hydroxyl groups is 1. The number of imidazole rings is 1. The molecule has 0 unspecified atom stereocenters. The highest BCUT2D eigenvalue weighted by molar-refractivity contribution is 5.82. The van der Waals surface area contributed by atoms with E-state index >= 15 is 0 Å². The Bertz CT molecular complexity index is 984. The van der Waals surface area contributed by atoms with Gasteiger partial charge in [-0.2, -0.15) is 0 Å². The fourth-order valence-electron chi connectivity index (χ4n) is 3.10. The normalized spacial score (nSPS) is 10.7. The Morgan fingerprint density at radius 2 is 1.52 bits per heavy atom. The van der Waals surface area contributed by atoms with Crippen molar-refractivity contribution in [1.82, 2.24) is 9.97 Å². The number of benzene rings is 3. The Labute approximate surface area is 158 Å². The fourth-order valence-corrected chi connectivity index (χ4v) is 3.10. The lowest BCUT2D eigenvalue weighted by Gasteiger charge is -2.08. The van der Waals surface area contributed by atoms with Crippen LogP contribution >= 0.6 is 0 Å². The number of hydrogen-bond donors (Lipinski definition) is 2. The van der Waals surface area contributed by atoms with Crippen molar-refractivity contribution in [2.75, 3.05) is 6.61 Å². The van der Waals surface area contributed by atoms with Crippen LogP contribution in [0.4, 0.5) is 0 Å². The molecule has 0 bridgehead atoms. The van der Waals surface area contributed by atoms with Crippen molar-refractivity contribution < 1.29 is 9.84 Å². The van der Waals surface area contributed by atoms with Crippen molar-refractivity contribution in [2.45, 2.75) is 6.92 Å². The number of H-pyrrole nitrogens is 1. The lowest BCUT2D eigenvalue weighted by molar-refractivity contribution is 0.318. The monoisotopic (exact) mass is 356 g/mol. The molecule has 0 saturated heterocycles. The van der Waals surface area contributed by atoms with Crippen LogP contribution in [0.3, 0.4) is 0 Å². The molecule has 4 nitrogen and oxygen atoms in total. The van der Waals surface area contributed by atoms with Gasteiger partial charge in [0.25, 0.3) is 0 Å². The van der Waals surface area contributed by atoms with E-state index < -0.39 is 0 Å². The van der Waals surface area contributed by atoms with Crippen LogP contribution in [0.2, 0.25) is 0 Å². The lowest BCUT2D eigenvalue weighted by Crippen LogP contribution is -1.93. The predicted molar refractivity (Wildman–Crippen MR) is 108 cm³/mol. The average molecular weight is 356 g/mol. The number of phenols is 1. The van der Waals surface area contributed by atoms with Crippen LogP contribution in [-0.4, -0.2) is 21.7 Å². The second-order valence-electron chi connectivity index (χ2n) is 6.13. The number of aromatic amines is 1. The van der Waals surface area contributed by atoms with Crippen LogP contribution in [-0.2, 0) is 0 Å². The molecular formula is C23H20N2O2. The molecule has 4 heteroatoms. The highest BCUT2D eigenvalue weighted by Crippen LogP contribution is 2.39. The second kappa shape index (κ2) is 7.38. The highest BCUT2D eigenvalue weighted by atomic mass is 16.5. The molecular weight excluding hydrogens is 336 g/mol. The Morgan fingerprint density at radius 3 is 2.19 bits per heavy atom. The number of nitrogens with one attached hydrogen (secondary N) is 1. The van der Waals surface area contributed by atoms with Gasteiger partial charge in [0.15, 0.2) is 11.5 Å². The van der Waals surface area contributed by atoms with E-state index in [2.05, 4.69) is 4.98 Å². The molecule has 0 saturated carbocycles. The summed E-state index contributed by atoms with van der Waals surface area (Å²) in [6.45, 7) is 2.37. The third-order valence-corrected chi connectivity index (χ3v) is 4.37. The van der Waals surface area contributed by atoms with Gasteiger partial charge in [-0.05, 0) is 19.1 Å². The minimum Gasteiger partial charge on any atom is -0.504 e. The molecule has 0 aliphatic rings. The Hall–Kier alpha value is -3.53. The van der Waals surface area contributed by atoms with Crippen molar-refractivity contribution >= 4 is 0 Å². The topological polar surface area (TPSA) is 58.1 Å². The van der Waals surface area contributed by atoms with Crippen LogP contribution < -0.4 is 4.74 Å². The molecule has 0 atom stereocenters. The van der Waals surface area contributed by atoms with Crippen LogP contribution in [0.1, 0.15) is 6.92 Å². The van der Waals surface area contributed by atoms with Crippen molar-refractivity contribution in [3.63, 3.8) is 0 Å². The SMILES string of the molecule is CCOc1cccc(-c2nc(-c3ccccc3)c(-c3ccccc3)[nH]2)c1O. The number of hydrogen-bond acceptors (Lipinski definition) is 3. The van der Waals surface area contributed by atoms with Crippen LogP contribution in [0.25, 0.3) is 33.9 Å². The quantitative estimate of drug-likeness (QED) is 0.495. The van der Waals surface area contributed by atoms with Gasteiger partial charge in [0.1, 0.15) is 5.82 Å². The largest absolute Gasteiger partial charge is 0.504 e. The number of ether oxygens (including phenoxy) is 1. The molecule has 0 aliphatic carbocycles. The third-order valence-electron chi connectivity index (χ3n) is 4.37. The molecule has 1 aromatic heterocycles. The van der Waals surface area contributed by atoms with Gasteiger partial charge in [-0.15, -0.1) is 0 Å². The summed E-state index contributed by atoms with van der Waals surface area (Å²) in [4.78, 5) is 8.21. The summed E-state index contributed by atoms with van der Waals surface area (Å²) in [7, 11) is 0. The summed E-state index contributed by atoms with van der Waals surface area (Å²) < 4.78 is 5.51. The van der Waals surface area contributed by atoms with Gasteiger partial charge in [-0.1, -0.05) is 66.7 Å². The van der Waals surface area contributed by atoms with Crippen molar-refractivity contribution in [1.29, 1.82) is 0 Å². The maximum Gasteiger partial charge on any atom is 0.168 e. The number of aromatic nitrogens is 2. The molecule has 0 amide bonds. The molecule has 1 heterocycles. The Morgan fingerprint density at radius 1 is 0.852 bits per heavy atom. The first-order valence-electron chi connectivity index (χ1n) is 8.94. The lowest BCUT2D eigenvalue weighted by atomic mass is 10.1. The first-order valence-corrected chi connectivity index (χ1v) is 8.94. The van der Waals surface area contributed by atoms with E-state index in [4.69, 9.17) is 9.72 Å². The van der Waals surface area contributed by atoms with E-state index in [1.807, 2.05) is 79.7 Å². The minimum atomic E-state index is 0.0901. The second-order valence-corrected chi connectivity index (χ2v) is 6.13. The Balaban J connectivity index is 1.89. The van der Waals surface area contributed by atoms with Crippen molar-refractivity contribution in [3.8, 4) is 45.4 Å². The summed E-state index contributed by atoms with van der Waals surface area (Å²) in [5.74, 6) is 1.15. The summed E-state index contributed by atoms with van der Waals surface area (Å²) in [6, 6.07) is 25.5. The van der Waals surface area contributed by atoms with Crippen LogP contribution in [0.15, 0.2) is 78.9 Å². The molecule has 27 heavy (non-hydrogen) atoms. The van der Waals surface area contributed by atoms with Gasteiger partial charge in [0, 0.05) is 11.1 Å². The molecule has 0 fully saturated rings. The molecule has 0 spiro atoms. The van der Waals surface area contributed by atoms with Gasteiger partial charge in [-0.25, -0.2) is 4.98 Å². The van der Waals surface area contributed by atoms with E-state index in [9.17, 15) is 5.11 Å². The molecule has 4 aromatic rings. The summed E-state index contributed by atoms with van der Waals surface area (Å²) in [5, 5.41) is 10.6. The minimum absolute atomic E-state index is 0.0901. The number of nitrogens with zero attached hydrogens (tertiary/aromatic N) is 1. The summed E-state index contributed by atoms with van der Waals surface area (Å²) in [5.41, 5.74) is 4.42. The van der Waals surface area contributed by atoms with E-state index in [1.54, 1.807) is 6.07 Å². The zero-order valence-electron chi connectivity index (χ0n) is 15.0. The number of phenolic OH excluding ortho intramolecular Hbond substituents is 1. The Kier molecular flexibility index (Phi) is 4.62. The smallest absolute Gasteiger partial charge is 0.168 e. The van der Waals surface area contributed by atoms with Crippen molar-refractivity contribution in [3.05, 3.63) is 78.9 Å². The molecule has 0 radical (unpaired) electrons. The van der Waals surface area contributed by atoms with Crippen LogP contribution in [0, 0.1) is 0 Å². The van der Waals surface area contributed by atoms with E-state index in [1.165, 1.54) is 0 Å². The highest BCUT2D eigenvalue weighted by Gasteiger charge is 2.18. The van der Waals surface area contributed by atoms with Gasteiger partial charge < -0.3 is 14.8 Å². The first kappa shape index (κ1) is 16.9. The van der Waals surface area contributed by atoms with Gasteiger partial charge >= 0.3 is 0 Å². The van der Waals surface area contributed by atoms with Gasteiger partial charge in [-0.3, -0.25) is 0 Å². The van der Waals surface area contributed by atoms with Crippen molar-refractivity contribution in [2.24, 2.45) is 0 Å². The maximum atomic E-state index is 10.6. The third kappa shape index (κ3) is 3.29. The zero-order chi connectivity index (χ0) is 18.6. The summed E-state index contributed by atoms with van der Waals surface area (Å²) in [6.07, 6.45) is 0. The molecule has 4 rings (SSSR count). The average Bonchev–Trinajstić information content (AvgIpc) is 3.16. The molecule has 134 valence electrons. The predicted octanol–water partition coefficient (Wildman–Crippen LogP) is 5.52. The van der Waals surface area contributed by atoms with Crippen LogP contribution in [0.5, 0.6) is 11.5 Å². The van der Waals surface area contributed by atoms with E-state index in [0.717, 1.165) is 22.5 Å². The molecule has 3 aromatic carbocycles. The van der Waals surface area contributed by atoms with Gasteiger partial charge in [0.05, 0.1) is 23.6 Å². The fraction of sp³-hybridized carbons (Fsp3) is 0.0870. The zero-order valence-corrected chi connectivity index (χ0v) is 15.0.